The summed E-state index contributed by atoms with van der Waals surface area (Å²) in [5, 5.41) is 18.7. The Bertz CT molecular complexity index is 3050. The fourth-order valence-electron chi connectivity index (χ4n) is 14.5. The highest BCUT2D eigenvalue weighted by molar-refractivity contribution is 6.00. The minimum absolute atomic E-state index is 0.0386. The van der Waals surface area contributed by atoms with Crippen LogP contribution in [-0.4, -0.2) is 166 Å². The van der Waals surface area contributed by atoms with E-state index in [1.54, 1.807) is 55.4 Å². The number of aryl methyl sites for hydroxylation is 2. The standard InChI is InChI=1S/C72H100N10O12/c1-43(79(9)69(91)93-71(3,4)5)61(83)77-59(47-25-13-11-14-26-47)67(89)81-41-51(39-57(81)65(87)75-55-33-21-29-45-23-17-19-31-53(45)55)73-63(85)49-35-37-50(38-36-49)64(86)74-52-40-58(66(88)76-56-34-22-30-46-24-18-20-32-54(46)56)82(42-52)68(90)60(48-27-15-12-16-28-48)78-62(84)44(2)80(10)70(92)94-72(6,7)8/h17-20,23-24,31-32,35-38,43-44,47-48,51-52,55-60H,11-16,21-22,25-30,33-34,39-42H2,1-10H3,(H,73,85)(H,74,86)(H,75,87)(H,76,88)(H,77,83)(H,78,84)/t43-,44-,51-,52-,55+,56+,57-,58-,59-,60-/m0/s1. The van der Waals surface area contributed by atoms with Gasteiger partial charge in [-0.25, -0.2) is 9.59 Å². The third-order valence-corrected chi connectivity index (χ3v) is 19.9. The minimum Gasteiger partial charge on any atom is -0.444 e. The fourth-order valence-corrected chi connectivity index (χ4v) is 14.5. The zero-order valence-electron chi connectivity index (χ0n) is 56.7. The van der Waals surface area contributed by atoms with E-state index in [0.29, 0.717) is 38.5 Å². The van der Waals surface area contributed by atoms with Crippen LogP contribution in [0.1, 0.15) is 213 Å². The Morgan fingerprint density at radius 2 is 0.819 bits per heavy atom. The average Bonchev–Trinajstić information content (AvgIpc) is 1.60. The van der Waals surface area contributed by atoms with E-state index in [1.807, 2.05) is 36.4 Å². The normalized spacial score (nSPS) is 22.9. The van der Waals surface area contributed by atoms with Gasteiger partial charge in [-0.05, 0) is 191 Å². The molecule has 4 fully saturated rings. The summed E-state index contributed by atoms with van der Waals surface area (Å²) in [5.74, 6) is -4.28. The second-order valence-corrected chi connectivity index (χ2v) is 29.0. The number of amides is 10. The number of hydrogen-bond acceptors (Lipinski definition) is 12. The van der Waals surface area contributed by atoms with Crippen molar-refractivity contribution in [1.29, 1.82) is 0 Å². The maximum atomic E-state index is 15.3. The summed E-state index contributed by atoms with van der Waals surface area (Å²) in [6.07, 6.45) is 11.6. The van der Waals surface area contributed by atoms with Crippen molar-refractivity contribution in [3.63, 3.8) is 0 Å². The molecule has 0 radical (unpaired) electrons. The molecule has 510 valence electrons. The molecule has 0 aromatic heterocycles. The molecule has 2 heterocycles. The van der Waals surface area contributed by atoms with Gasteiger partial charge in [-0.1, -0.05) is 87.1 Å². The molecule has 10 atom stereocenters. The van der Waals surface area contributed by atoms with Crippen LogP contribution in [-0.2, 0) is 51.1 Å². The predicted octanol–water partition coefficient (Wildman–Crippen LogP) is 8.11. The molecule has 2 aliphatic heterocycles. The summed E-state index contributed by atoms with van der Waals surface area (Å²) in [6, 6.07) is 13.9. The van der Waals surface area contributed by atoms with Crippen molar-refractivity contribution in [2.75, 3.05) is 27.2 Å². The number of likely N-dealkylation sites (N-methyl/N-ethyl adjacent to an activating group) is 2. The van der Waals surface area contributed by atoms with Crippen molar-refractivity contribution in [2.24, 2.45) is 11.8 Å². The lowest BCUT2D eigenvalue weighted by Crippen LogP contribution is -2.59. The Kier molecular flexibility index (Phi) is 22.9. The fraction of sp³-hybridized carbons (Fsp3) is 0.611. The first-order chi connectivity index (χ1) is 44.6. The van der Waals surface area contributed by atoms with Gasteiger partial charge in [0.15, 0.2) is 0 Å². The van der Waals surface area contributed by atoms with Crippen LogP contribution in [0.25, 0.3) is 0 Å². The Morgan fingerprint density at radius 3 is 1.17 bits per heavy atom. The summed E-state index contributed by atoms with van der Waals surface area (Å²) in [6.45, 7) is 13.5. The van der Waals surface area contributed by atoms with Crippen LogP contribution >= 0.6 is 0 Å². The molecule has 6 aliphatic rings. The van der Waals surface area contributed by atoms with Crippen molar-refractivity contribution in [1.82, 2.24) is 51.5 Å². The molecule has 9 rings (SSSR count). The van der Waals surface area contributed by atoms with E-state index in [4.69, 9.17) is 9.47 Å². The van der Waals surface area contributed by atoms with E-state index in [2.05, 4.69) is 44.0 Å². The molecule has 6 N–H and O–H groups in total. The number of fused-ring (bicyclic) bond motifs is 2. The first-order valence-corrected chi connectivity index (χ1v) is 34.3. The van der Waals surface area contributed by atoms with Crippen LogP contribution < -0.4 is 31.9 Å². The van der Waals surface area contributed by atoms with Gasteiger partial charge in [-0.3, -0.25) is 48.2 Å². The van der Waals surface area contributed by atoms with Crippen LogP contribution in [0.3, 0.4) is 0 Å². The topological polar surface area (TPSA) is 274 Å². The number of nitrogens with zero attached hydrogens (tertiary/aromatic N) is 4. The van der Waals surface area contributed by atoms with Crippen molar-refractivity contribution in [2.45, 2.75) is 243 Å². The predicted molar refractivity (Wildman–Crippen MR) is 354 cm³/mol. The molecule has 3 aromatic carbocycles. The Hall–Kier alpha value is -8.04. The van der Waals surface area contributed by atoms with Gasteiger partial charge in [-0.15, -0.1) is 0 Å². The lowest BCUT2D eigenvalue weighted by atomic mass is 9.83. The lowest BCUT2D eigenvalue weighted by Gasteiger charge is -2.36. The van der Waals surface area contributed by atoms with E-state index in [9.17, 15) is 38.4 Å². The van der Waals surface area contributed by atoms with Gasteiger partial charge in [0.25, 0.3) is 11.8 Å². The number of nitrogens with one attached hydrogen (secondary N) is 6. The van der Waals surface area contributed by atoms with Crippen molar-refractivity contribution in [3.05, 3.63) is 106 Å². The molecule has 3 aromatic rings. The maximum absolute atomic E-state index is 15.3. The number of carbonyl (C=O) groups excluding carboxylic acids is 10. The lowest BCUT2D eigenvalue weighted by molar-refractivity contribution is -0.143. The van der Waals surface area contributed by atoms with E-state index in [1.165, 1.54) is 58.0 Å². The van der Waals surface area contributed by atoms with E-state index >= 15 is 9.59 Å². The molecular formula is C72H100N10O12. The zero-order valence-corrected chi connectivity index (χ0v) is 56.7. The summed E-state index contributed by atoms with van der Waals surface area (Å²) in [7, 11) is 2.94. The van der Waals surface area contributed by atoms with Crippen LogP contribution in [0.15, 0.2) is 72.8 Å². The highest BCUT2D eigenvalue weighted by Gasteiger charge is 2.48. The number of benzene rings is 3. The highest BCUT2D eigenvalue weighted by atomic mass is 16.6. The Labute approximate surface area is 553 Å². The third-order valence-electron chi connectivity index (χ3n) is 19.9. The number of carbonyl (C=O) groups is 10. The first kappa shape index (κ1) is 70.3. The highest BCUT2D eigenvalue weighted by Crippen LogP contribution is 2.36. The van der Waals surface area contributed by atoms with E-state index in [0.717, 1.165) is 86.5 Å². The van der Waals surface area contributed by atoms with Gasteiger partial charge >= 0.3 is 12.2 Å². The second-order valence-electron chi connectivity index (χ2n) is 29.0. The molecule has 0 bridgehead atoms. The smallest absolute Gasteiger partial charge is 0.410 e. The molecular weight excluding hydrogens is 1200 g/mol. The molecule has 2 saturated heterocycles. The van der Waals surface area contributed by atoms with Gasteiger partial charge in [0.05, 0.1) is 12.1 Å². The van der Waals surface area contributed by atoms with Crippen molar-refractivity contribution < 1.29 is 57.4 Å². The SMILES string of the molecule is C[C@@H](C(=O)N[C@H](C(=O)N1C[C@@H](NC(=O)c2ccc(C(=O)N[C@H]3C[C@@H](C(=O)N[C@@H]4CCCc5ccccc54)N(C(=O)[C@@H](NC(=O)[C@H](C)N(C)C(=O)OC(C)(C)C)C4CCCCC4)C3)cc2)C[C@H]1C(=O)N[C@@H]1CCCc2ccccc21)C1CCCCC1)N(C)C(=O)OC(C)(C)C. The van der Waals surface area contributed by atoms with Gasteiger partial charge in [0.1, 0.15) is 47.5 Å². The quantitative estimate of drug-likeness (QED) is 0.0705. The molecule has 2 saturated carbocycles. The van der Waals surface area contributed by atoms with E-state index < -0.39 is 107 Å². The third kappa shape index (κ3) is 17.5. The zero-order chi connectivity index (χ0) is 67.8. The summed E-state index contributed by atoms with van der Waals surface area (Å²) in [5.41, 5.74) is 3.11. The van der Waals surface area contributed by atoms with Gasteiger partial charge in [0, 0.05) is 50.4 Å². The Morgan fingerprint density at radius 1 is 0.468 bits per heavy atom. The molecule has 10 amide bonds. The summed E-state index contributed by atoms with van der Waals surface area (Å²) >= 11 is 0. The first-order valence-electron chi connectivity index (χ1n) is 34.3. The second kappa shape index (κ2) is 30.6. The molecule has 0 spiro atoms. The van der Waals surface area contributed by atoms with Crippen molar-refractivity contribution >= 4 is 59.4 Å². The number of ether oxygens (including phenoxy) is 2. The number of likely N-dealkylation sites (tertiary alicyclic amines) is 2. The molecule has 94 heavy (non-hydrogen) atoms. The molecule has 0 unspecified atom stereocenters. The van der Waals surface area contributed by atoms with Crippen LogP contribution in [0, 0.1) is 11.8 Å². The average molecular weight is 1300 g/mol. The van der Waals surface area contributed by atoms with Crippen molar-refractivity contribution in [3.8, 4) is 0 Å². The van der Waals surface area contributed by atoms with Crippen LogP contribution in [0.4, 0.5) is 9.59 Å². The minimum atomic E-state index is -1.03. The number of hydrogen-bond donors (Lipinski definition) is 6. The van der Waals surface area contributed by atoms with Gasteiger partial charge < -0.3 is 51.2 Å². The van der Waals surface area contributed by atoms with Gasteiger partial charge in [-0.2, -0.15) is 0 Å². The molecule has 4 aliphatic carbocycles. The molecule has 22 nitrogen and oxygen atoms in total. The summed E-state index contributed by atoms with van der Waals surface area (Å²) in [4.78, 5) is 149. The Balaban J connectivity index is 0.912. The largest absolute Gasteiger partial charge is 0.444 e. The summed E-state index contributed by atoms with van der Waals surface area (Å²) < 4.78 is 11.1. The molecule has 22 heteroatoms. The van der Waals surface area contributed by atoms with Crippen LogP contribution in [0.2, 0.25) is 0 Å². The van der Waals surface area contributed by atoms with Gasteiger partial charge in [0.2, 0.25) is 35.4 Å². The number of rotatable bonds is 18. The maximum Gasteiger partial charge on any atom is 0.410 e. The van der Waals surface area contributed by atoms with Crippen LogP contribution in [0.5, 0.6) is 0 Å². The monoisotopic (exact) mass is 1300 g/mol. The van der Waals surface area contributed by atoms with E-state index in [-0.39, 0.29) is 72.8 Å².